The highest BCUT2D eigenvalue weighted by atomic mass is 32.2. The first-order valence-electron chi connectivity index (χ1n) is 5.86. The van der Waals surface area contributed by atoms with E-state index in [9.17, 15) is 9.18 Å². The quantitative estimate of drug-likeness (QED) is 0.631. The Kier molecular flexibility index (Phi) is 5.54. The third kappa shape index (κ3) is 5.06. The van der Waals surface area contributed by atoms with Gasteiger partial charge in [-0.2, -0.15) is 0 Å². The molecule has 21 heavy (non-hydrogen) atoms. The summed E-state index contributed by atoms with van der Waals surface area (Å²) in [5.41, 5.74) is 0.592. The molecule has 0 fully saturated rings. The lowest BCUT2D eigenvalue weighted by atomic mass is 10.3. The van der Waals surface area contributed by atoms with Crippen LogP contribution in [0.2, 0.25) is 0 Å². The van der Waals surface area contributed by atoms with Crippen LogP contribution in [-0.4, -0.2) is 28.4 Å². The van der Waals surface area contributed by atoms with Gasteiger partial charge in [-0.15, -0.1) is 16.6 Å². The largest absolute Gasteiger partial charge is 0.344 e. The summed E-state index contributed by atoms with van der Waals surface area (Å²) in [4.78, 5) is 11.4. The van der Waals surface area contributed by atoms with Crippen molar-refractivity contribution in [2.24, 2.45) is 0 Å². The lowest BCUT2D eigenvalue weighted by Crippen LogP contribution is -2.25. The third-order valence-corrected chi connectivity index (χ3v) is 4.17. The van der Waals surface area contributed by atoms with Crippen LogP contribution in [0.1, 0.15) is 0 Å². The molecule has 1 aromatic heterocycles. The van der Waals surface area contributed by atoms with Crippen molar-refractivity contribution in [1.29, 1.82) is 0 Å². The molecule has 0 saturated heterocycles. The normalized spacial score (nSPS) is 9.90. The summed E-state index contributed by atoms with van der Waals surface area (Å²) < 4.78 is 13.7. The van der Waals surface area contributed by atoms with Gasteiger partial charge >= 0.3 is 0 Å². The van der Waals surface area contributed by atoms with Crippen molar-refractivity contribution in [3.8, 4) is 12.3 Å². The maximum absolute atomic E-state index is 13.1. The standard InChI is InChI=1S/C13H11FN4OS2/c1-2-6-15-11(19)8-20-13-18-17-12(21-13)16-10-5-3-4-9(14)7-10/h1,3-5,7H,6,8H2,(H,15,19)(H,16,17). The Morgan fingerprint density at radius 2 is 2.33 bits per heavy atom. The smallest absolute Gasteiger partial charge is 0.231 e. The number of carbonyl (C=O) groups is 1. The Morgan fingerprint density at radius 1 is 1.48 bits per heavy atom. The van der Waals surface area contributed by atoms with Gasteiger partial charge in [-0.3, -0.25) is 4.79 Å². The molecule has 8 heteroatoms. The van der Waals surface area contributed by atoms with Crippen molar-refractivity contribution < 1.29 is 9.18 Å². The SMILES string of the molecule is C#CCNC(=O)CSc1nnc(Nc2cccc(F)c2)s1. The number of amides is 1. The summed E-state index contributed by atoms with van der Waals surface area (Å²) in [5, 5.41) is 13.9. The minimum absolute atomic E-state index is 0.159. The lowest BCUT2D eigenvalue weighted by Gasteiger charge is -2.00. The van der Waals surface area contributed by atoms with Crippen LogP contribution in [0.25, 0.3) is 0 Å². The molecule has 2 N–H and O–H groups in total. The topological polar surface area (TPSA) is 66.9 Å². The zero-order valence-electron chi connectivity index (χ0n) is 10.8. The maximum Gasteiger partial charge on any atom is 0.231 e. The van der Waals surface area contributed by atoms with Crippen molar-refractivity contribution in [3.05, 3.63) is 30.1 Å². The highest BCUT2D eigenvalue weighted by molar-refractivity contribution is 8.01. The van der Waals surface area contributed by atoms with E-state index in [4.69, 9.17) is 6.42 Å². The van der Waals surface area contributed by atoms with Crippen LogP contribution in [0.15, 0.2) is 28.6 Å². The number of rotatable bonds is 6. The van der Waals surface area contributed by atoms with Crippen molar-refractivity contribution in [3.63, 3.8) is 0 Å². The Balaban J connectivity index is 1.87. The molecule has 108 valence electrons. The Labute approximate surface area is 129 Å². The molecule has 0 bridgehead atoms. The van der Waals surface area contributed by atoms with Gasteiger partial charge in [0.15, 0.2) is 4.34 Å². The van der Waals surface area contributed by atoms with Crippen molar-refractivity contribution in [2.45, 2.75) is 4.34 Å². The average molecular weight is 322 g/mol. The molecule has 0 aliphatic rings. The van der Waals surface area contributed by atoms with Crippen LogP contribution in [0.5, 0.6) is 0 Å². The second-order valence-corrected chi connectivity index (χ2v) is 5.98. The summed E-state index contributed by atoms with van der Waals surface area (Å²) in [6.07, 6.45) is 5.04. The maximum atomic E-state index is 13.1. The van der Waals surface area contributed by atoms with E-state index in [2.05, 4.69) is 26.8 Å². The van der Waals surface area contributed by atoms with Crippen molar-refractivity contribution in [2.75, 3.05) is 17.6 Å². The van der Waals surface area contributed by atoms with Crippen LogP contribution in [0, 0.1) is 18.2 Å². The molecule has 0 radical (unpaired) electrons. The summed E-state index contributed by atoms with van der Waals surface area (Å²) in [5.74, 6) is 2.06. The number of nitrogens with zero attached hydrogens (tertiary/aromatic N) is 2. The fourth-order valence-corrected chi connectivity index (χ4v) is 2.94. The number of halogens is 1. The van der Waals surface area contributed by atoms with E-state index >= 15 is 0 Å². The highest BCUT2D eigenvalue weighted by Gasteiger charge is 2.08. The molecular formula is C13H11FN4OS2. The lowest BCUT2D eigenvalue weighted by molar-refractivity contribution is -0.118. The Bertz CT molecular complexity index is 668. The number of nitrogens with one attached hydrogen (secondary N) is 2. The first kappa shape index (κ1) is 15.3. The fraction of sp³-hybridized carbons (Fsp3) is 0.154. The number of terminal acetylenes is 1. The monoisotopic (exact) mass is 322 g/mol. The van der Waals surface area contributed by atoms with Gasteiger partial charge in [-0.1, -0.05) is 35.1 Å². The van der Waals surface area contributed by atoms with Gasteiger partial charge in [0.1, 0.15) is 5.82 Å². The minimum Gasteiger partial charge on any atom is -0.344 e. The zero-order chi connectivity index (χ0) is 15.1. The van der Waals surface area contributed by atoms with Gasteiger partial charge in [-0.25, -0.2) is 4.39 Å². The molecule has 0 saturated carbocycles. The van der Waals surface area contributed by atoms with Crippen molar-refractivity contribution >= 4 is 39.8 Å². The van der Waals surface area contributed by atoms with Gasteiger partial charge in [0.2, 0.25) is 11.0 Å². The summed E-state index contributed by atoms with van der Waals surface area (Å²) in [6.45, 7) is 0.210. The van der Waals surface area contributed by atoms with Gasteiger partial charge in [-0.05, 0) is 18.2 Å². The van der Waals surface area contributed by atoms with Crippen LogP contribution in [-0.2, 0) is 4.79 Å². The van der Waals surface area contributed by atoms with Gasteiger partial charge in [0, 0.05) is 5.69 Å². The van der Waals surface area contributed by atoms with Crippen LogP contribution in [0.3, 0.4) is 0 Å². The number of thioether (sulfide) groups is 1. The van der Waals surface area contributed by atoms with Crippen molar-refractivity contribution in [1.82, 2.24) is 15.5 Å². The summed E-state index contributed by atoms with van der Waals surface area (Å²) in [6, 6.07) is 6.05. The zero-order valence-corrected chi connectivity index (χ0v) is 12.4. The van der Waals surface area contributed by atoms with Crippen LogP contribution < -0.4 is 10.6 Å². The second kappa shape index (κ2) is 7.61. The van der Waals surface area contributed by atoms with E-state index in [1.165, 1.54) is 35.2 Å². The van der Waals surface area contributed by atoms with E-state index in [0.717, 1.165) is 0 Å². The molecule has 0 atom stereocenters. The minimum atomic E-state index is -0.329. The number of anilines is 2. The molecule has 2 rings (SSSR count). The molecule has 1 amide bonds. The third-order valence-electron chi connectivity index (χ3n) is 2.20. The Morgan fingerprint density at radius 3 is 3.10 bits per heavy atom. The van der Waals surface area contributed by atoms with E-state index in [1.54, 1.807) is 12.1 Å². The van der Waals surface area contributed by atoms with Gasteiger partial charge in [0.25, 0.3) is 0 Å². The first-order valence-corrected chi connectivity index (χ1v) is 7.66. The second-order valence-electron chi connectivity index (χ2n) is 3.78. The number of hydrogen-bond donors (Lipinski definition) is 2. The summed E-state index contributed by atoms with van der Waals surface area (Å²) >= 11 is 2.55. The predicted octanol–water partition coefficient (Wildman–Crippen LogP) is 2.26. The molecule has 5 nitrogen and oxygen atoms in total. The average Bonchev–Trinajstić information content (AvgIpc) is 2.90. The first-order chi connectivity index (χ1) is 10.2. The molecule has 0 spiro atoms. The van der Waals surface area contributed by atoms with Crippen LogP contribution >= 0.6 is 23.1 Å². The fourth-order valence-electron chi connectivity index (χ4n) is 1.34. The van der Waals surface area contributed by atoms with E-state index in [0.29, 0.717) is 15.2 Å². The number of carbonyl (C=O) groups excluding carboxylic acids is 1. The van der Waals surface area contributed by atoms with Gasteiger partial charge in [0.05, 0.1) is 12.3 Å². The number of benzene rings is 1. The number of aromatic nitrogens is 2. The predicted molar refractivity (Wildman–Crippen MR) is 82.2 cm³/mol. The molecule has 1 aromatic carbocycles. The number of hydrogen-bond acceptors (Lipinski definition) is 6. The molecule has 0 unspecified atom stereocenters. The van der Waals surface area contributed by atoms with E-state index in [-0.39, 0.29) is 24.0 Å². The molecular weight excluding hydrogens is 311 g/mol. The van der Waals surface area contributed by atoms with Crippen LogP contribution in [0.4, 0.5) is 15.2 Å². The molecule has 0 aliphatic heterocycles. The van der Waals surface area contributed by atoms with Gasteiger partial charge < -0.3 is 10.6 Å². The molecule has 0 aliphatic carbocycles. The highest BCUT2D eigenvalue weighted by Crippen LogP contribution is 2.27. The summed E-state index contributed by atoms with van der Waals surface area (Å²) in [7, 11) is 0. The molecule has 1 heterocycles. The van der Waals surface area contributed by atoms with E-state index < -0.39 is 0 Å². The van der Waals surface area contributed by atoms with E-state index in [1.807, 2.05) is 0 Å². The Hall–Kier alpha value is -2.11. The molecule has 2 aromatic rings.